The minimum absolute atomic E-state index is 0.0573. The van der Waals surface area contributed by atoms with E-state index in [1.54, 1.807) is 0 Å². The van der Waals surface area contributed by atoms with E-state index < -0.39 is 18.0 Å². The molecule has 0 aliphatic heterocycles. The number of aliphatic carboxylic acids is 1. The van der Waals surface area contributed by atoms with Crippen molar-refractivity contribution in [3.05, 3.63) is 0 Å². The fourth-order valence-corrected chi connectivity index (χ4v) is 1.95. The molecule has 0 aliphatic rings. The molecule has 0 bridgehead atoms. The van der Waals surface area contributed by atoms with Gasteiger partial charge in [0.15, 0.2) is 0 Å². The SMILES string of the molecule is CCC(C)C(C(=O)O)[C@@H](O)CCCCC(=O)OC. The molecule has 106 valence electrons. The van der Waals surface area contributed by atoms with Crippen LogP contribution in [0.2, 0.25) is 0 Å². The van der Waals surface area contributed by atoms with Gasteiger partial charge in [0.1, 0.15) is 0 Å². The largest absolute Gasteiger partial charge is 0.481 e. The van der Waals surface area contributed by atoms with Gasteiger partial charge in [0.05, 0.1) is 19.1 Å². The number of carbonyl (C=O) groups excluding carboxylic acids is 1. The lowest BCUT2D eigenvalue weighted by Crippen LogP contribution is -2.33. The highest BCUT2D eigenvalue weighted by Crippen LogP contribution is 2.23. The van der Waals surface area contributed by atoms with Gasteiger partial charge in [0.2, 0.25) is 0 Å². The molecule has 0 aromatic heterocycles. The zero-order valence-corrected chi connectivity index (χ0v) is 11.4. The maximum atomic E-state index is 11.1. The van der Waals surface area contributed by atoms with Crippen molar-refractivity contribution < 1.29 is 24.5 Å². The van der Waals surface area contributed by atoms with Crippen molar-refractivity contribution in [2.24, 2.45) is 11.8 Å². The number of unbranched alkanes of at least 4 members (excludes halogenated alkanes) is 1. The smallest absolute Gasteiger partial charge is 0.309 e. The maximum Gasteiger partial charge on any atom is 0.309 e. The summed E-state index contributed by atoms with van der Waals surface area (Å²) < 4.78 is 4.50. The van der Waals surface area contributed by atoms with Gasteiger partial charge in [-0.3, -0.25) is 9.59 Å². The Hall–Kier alpha value is -1.10. The normalized spacial score (nSPS) is 15.8. The highest BCUT2D eigenvalue weighted by molar-refractivity contribution is 5.71. The molecule has 0 saturated heterocycles. The van der Waals surface area contributed by atoms with E-state index in [0.717, 1.165) is 6.42 Å². The van der Waals surface area contributed by atoms with Gasteiger partial charge < -0.3 is 14.9 Å². The predicted octanol–water partition coefficient (Wildman–Crippen LogP) is 1.83. The fourth-order valence-electron chi connectivity index (χ4n) is 1.95. The van der Waals surface area contributed by atoms with E-state index in [1.165, 1.54) is 7.11 Å². The molecular formula is C13H24O5. The molecule has 0 aromatic rings. The molecule has 5 heteroatoms. The summed E-state index contributed by atoms with van der Waals surface area (Å²) in [6, 6.07) is 0. The van der Waals surface area contributed by atoms with Crippen LogP contribution in [0.4, 0.5) is 0 Å². The van der Waals surface area contributed by atoms with Crippen molar-refractivity contribution >= 4 is 11.9 Å². The van der Waals surface area contributed by atoms with Crippen LogP contribution in [0, 0.1) is 11.8 Å². The van der Waals surface area contributed by atoms with Gasteiger partial charge >= 0.3 is 11.9 Å². The molecule has 5 nitrogen and oxygen atoms in total. The third kappa shape index (κ3) is 6.00. The van der Waals surface area contributed by atoms with Crippen molar-refractivity contribution in [1.29, 1.82) is 0 Å². The van der Waals surface area contributed by atoms with Gasteiger partial charge in [0.25, 0.3) is 0 Å². The molecule has 0 radical (unpaired) electrons. The maximum absolute atomic E-state index is 11.1. The van der Waals surface area contributed by atoms with E-state index in [9.17, 15) is 14.7 Å². The van der Waals surface area contributed by atoms with E-state index in [2.05, 4.69) is 4.74 Å². The molecule has 18 heavy (non-hydrogen) atoms. The van der Waals surface area contributed by atoms with E-state index in [4.69, 9.17) is 5.11 Å². The summed E-state index contributed by atoms with van der Waals surface area (Å²) in [7, 11) is 1.33. The van der Waals surface area contributed by atoms with E-state index in [0.29, 0.717) is 25.7 Å². The molecule has 0 rings (SSSR count). The zero-order valence-electron chi connectivity index (χ0n) is 11.4. The minimum Gasteiger partial charge on any atom is -0.481 e. The third-order valence-corrected chi connectivity index (χ3v) is 3.32. The number of ether oxygens (including phenoxy) is 1. The topological polar surface area (TPSA) is 83.8 Å². The molecule has 2 N–H and O–H groups in total. The van der Waals surface area contributed by atoms with Crippen molar-refractivity contribution in [3.63, 3.8) is 0 Å². The average molecular weight is 260 g/mol. The monoisotopic (exact) mass is 260 g/mol. The number of rotatable bonds is 9. The summed E-state index contributed by atoms with van der Waals surface area (Å²) >= 11 is 0. The van der Waals surface area contributed by atoms with Crippen LogP contribution in [0.1, 0.15) is 46.0 Å². The van der Waals surface area contributed by atoms with E-state index in [1.807, 2.05) is 13.8 Å². The van der Waals surface area contributed by atoms with Crippen LogP contribution in [0.15, 0.2) is 0 Å². The van der Waals surface area contributed by atoms with Gasteiger partial charge in [-0.25, -0.2) is 0 Å². The molecule has 0 heterocycles. The molecule has 0 spiro atoms. The molecule has 0 aromatic carbocycles. The number of carbonyl (C=O) groups is 2. The number of aliphatic hydroxyl groups excluding tert-OH is 1. The lowest BCUT2D eigenvalue weighted by molar-refractivity contribution is -0.148. The second-order valence-corrected chi connectivity index (χ2v) is 4.64. The minimum atomic E-state index is -0.954. The van der Waals surface area contributed by atoms with Crippen molar-refractivity contribution in [2.45, 2.75) is 52.1 Å². The number of aliphatic hydroxyl groups is 1. The Balaban J connectivity index is 4.07. The van der Waals surface area contributed by atoms with Gasteiger partial charge in [0, 0.05) is 6.42 Å². The number of carboxylic acid groups (broad SMARTS) is 1. The van der Waals surface area contributed by atoms with Gasteiger partial charge in [-0.1, -0.05) is 26.7 Å². The lowest BCUT2D eigenvalue weighted by atomic mass is 9.85. The molecule has 0 aliphatic carbocycles. The Morgan fingerprint density at radius 3 is 2.33 bits per heavy atom. The lowest BCUT2D eigenvalue weighted by Gasteiger charge is -2.24. The Morgan fingerprint density at radius 2 is 1.89 bits per heavy atom. The number of carboxylic acids is 1. The molecule has 0 amide bonds. The summed E-state index contributed by atoms with van der Waals surface area (Å²) in [6.45, 7) is 3.74. The number of hydrogen-bond acceptors (Lipinski definition) is 4. The fraction of sp³-hybridized carbons (Fsp3) is 0.846. The molecular weight excluding hydrogens is 236 g/mol. The molecule has 3 atom stereocenters. The summed E-state index contributed by atoms with van der Waals surface area (Å²) in [5.41, 5.74) is 0. The van der Waals surface area contributed by atoms with Crippen molar-refractivity contribution in [1.82, 2.24) is 0 Å². The van der Waals surface area contributed by atoms with Gasteiger partial charge in [-0.15, -0.1) is 0 Å². The van der Waals surface area contributed by atoms with Crippen LogP contribution in [0.5, 0.6) is 0 Å². The molecule has 2 unspecified atom stereocenters. The van der Waals surface area contributed by atoms with Gasteiger partial charge in [-0.05, 0) is 18.8 Å². The van der Waals surface area contributed by atoms with Crippen LogP contribution in [-0.4, -0.2) is 35.4 Å². The second kappa shape index (κ2) is 8.91. The first-order valence-electron chi connectivity index (χ1n) is 6.41. The first-order chi connectivity index (χ1) is 8.43. The van der Waals surface area contributed by atoms with Crippen LogP contribution in [-0.2, 0) is 14.3 Å². The second-order valence-electron chi connectivity index (χ2n) is 4.64. The summed E-state index contributed by atoms with van der Waals surface area (Å²) in [6.07, 6.45) is 1.81. The van der Waals surface area contributed by atoms with Crippen LogP contribution in [0.3, 0.4) is 0 Å². The summed E-state index contributed by atoms with van der Waals surface area (Å²) in [4.78, 5) is 22.0. The highest BCUT2D eigenvalue weighted by atomic mass is 16.5. The Morgan fingerprint density at radius 1 is 1.28 bits per heavy atom. The number of hydrogen-bond donors (Lipinski definition) is 2. The first-order valence-corrected chi connectivity index (χ1v) is 6.41. The quantitative estimate of drug-likeness (QED) is 0.488. The Bertz CT molecular complexity index is 264. The standard InChI is InChI=1S/C13H24O5/c1-4-9(2)12(13(16)17)10(14)7-5-6-8-11(15)18-3/h9-10,12,14H,4-8H2,1-3H3,(H,16,17)/t9?,10-,12?/m0/s1. The molecule has 0 fully saturated rings. The van der Waals surface area contributed by atoms with Crippen molar-refractivity contribution in [3.8, 4) is 0 Å². The van der Waals surface area contributed by atoms with Crippen molar-refractivity contribution in [2.75, 3.05) is 7.11 Å². The zero-order chi connectivity index (χ0) is 14.1. The summed E-state index contributed by atoms with van der Waals surface area (Å²) in [5.74, 6) is -2.02. The number of esters is 1. The first kappa shape index (κ1) is 16.9. The Labute approximate surface area is 108 Å². The van der Waals surface area contributed by atoms with Gasteiger partial charge in [-0.2, -0.15) is 0 Å². The van der Waals surface area contributed by atoms with Crippen LogP contribution < -0.4 is 0 Å². The average Bonchev–Trinajstić information content (AvgIpc) is 2.33. The third-order valence-electron chi connectivity index (χ3n) is 3.32. The summed E-state index contributed by atoms with van der Waals surface area (Å²) in [5, 5.41) is 19.0. The highest BCUT2D eigenvalue weighted by Gasteiger charge is 2.30. The van der Waals surface area contributed by atoms with E-state index >= 15 is 0 Å². The van der Waals surface area contributed by atoms with Crippen LogP contribution >= 0.6 is 0 Å². The van der Waals surface area contributed by atoms with Crippen LogP contribution in [0.25, 0.3) is 0 Å². The molecule has 0 saturated carbocycles. The predicted molar refractivity (Wildman–Crippen MR) is 67.1 cm³/mol. The Kier molecular flexibility index (Phi) is 8.37. The number of methoxy groups -OCH3 is 1. The van der Waals surface area contributed by atoms with E-state index in [-0.39, 0.29) is 11.9 Å².